The molecule has 8 N–H and O–H groups in total. The maximum atomic E-state index is 13.2. The first-order chi connectivity index (χ1) is 17.2. The van der Waals surface area contributed by atoms with Gasteiger partial charge in [0.1, 0.15) is 18.1 Å². The fraction of sp³-hybridized carbons (Fsp3) is 0.435. The fourth-order valence-electron chi connectivity index (χ4n) is 3.30. The number of nitrogens with two attached hydrogens (primary N) is 1. The van der Waals surface area contributed by atoms with Gasteiger partial charge in [0.15, 0.2) is 0 Å². The maximum Gasteiger partial charge on any atom is 0.328 e. The van der Waals surface area contributed by atoms with Gasteiger partial charge in [0.2, 0.25) is 17.7 Å². The molecule has 0 aliphatic rings. The minimum absolute atomic E-state index is 0.0218. The van der Waals surface area contributed by atoms with Crippen LogP contribution in [0.2, 0.25) is 0 Å². The Balaban J connectivity index is 2.12. The summed E-state index contributed by atoms with van der Waals surface area (Å²) in [5.41, 5.74) is 7.45. The van der Waals surface area contributed by atoms with Gasteiger partial charge in [0.05, 0.1) is 19.0 Å². The third kappa shape index (κ3) is 9.32. The molecule has 4 unspecified atom stereocenters. The minimum atomic E-state index is -1.54. The molecule has 1 aromatic carbocycles. The lowest BCUT2D eigenvalue weighted by Crippen LogP contribution is -2.58. The molecule has 2 rings (SSSR count). The number of imidazole rings is 1. The lowest BCUT2D eigenvalue weighted by atomic mass is 10.0. The molecular formula is C23H32N6O6S. The molecule has 3 amide bonds. The molecule has 0 fully saturated rings. The highest BCUT2D eigenvalue weighted by Crippen LogP contribution is 2.07. The van der Waals surface area contributed by atoms with Crippen molar-refractivity contribution in [3.63, 3.8) is 0 Å². The van der Waals surface area contributed by atoms with E-state index in [-0.39, 0.29) is 19.3 Å². The molecule has 1 heterocycles. The zero-order chi connectivity index (χ0) is 26.5. The summed E-state index contributed by atoms with van der Waals surface area (Å²) in [6.45, 7) is -0.822. The second-order valence-corrected chi connectivity index (χ2v) is 9.05. The van der Waals surface area contributed by atoms with Crippen LogP contribution in [0, 0.1) is 0 Å². The van der Waals surface area contributed by atoms with Crippen LogP contribution in [-0.2, 0) is 32.0 Å². The average molecular weight is 521 g/mol. The van der Waals surface area contributed by atoms with Crippen molar-refractivity contribution in [2.45, 2.75) is 43.4 Å². The van der Waals surface area contributed by atoms with E-state index in [4.69, 9.17) is 10.8 Å². The highest BCUT2D eigenvalue weighted by Gasteiger charge is 2.30. The first-order valence-electron chi connectivity index (χ1n) is 11.3. The molecular weight excluding hydrogens is 488 g/mol. The number of carbonyl (C=O) groups excluding carboxylic acids is 3. The van der Waals surface area contributed by atoms with Gasteiger partial charge in [-0.1, -0.05) is 30.3 Å². The Labute approximate surface area is 212 Å². The molecule has 2 aromatic rings. The van der Waals surface area contributed by atoms with Gasteiger partial charge in [-0.3, -0.25) is 14.4 Å². The number of carboxylic acids is 1. The van der Waals surface area contributed by atoms with Gasteiger partial charge in [0.25, 0.3) is 0 Å². The number of nitrogens with one attached hydrogen (secondary N) is 4. The summed E-state index contributed by atoms with van der Waals surface area (Å²) in [5.74, 6) is -2.82. The zero-order valence-corrected chi connectivity index (χ0v) is 20.7. The second kappa shape index (κ2) is 14.9. The topological polar surface area (TPSA) is 200 Å². The molecule has 196 valence electrons. The van der Waals surface area contributed by atoms with Crippen LogP contribution in [0.25, 0.3) is 0 Å². The number of aliphatic hydroxyl groups is 1. The maximum absolute atomic E-state index is 13.2. The van der Waals surface area contributed by atoms with Crippen molar-refractivity contribution in [1.29, 1.82) is 0 Å². The number of aliphatic carboxylic acids is 1. The Morgan fingerprint density at radius 2 is 1.64 bits per heavy atom. The number of hydrogen-bond donors (Lipinski definition) is 7. The number of aromatic amines is 1. The predicted octanol–water partition coefficient (Wildman–Crippen LogP) is -1.19. The monoisotopic (exact) mass is 520 g/mol. The molecule has 0 saturated heterocycles. The lowest BCUT2D eigenvalue weighted by Gasteiger charge is -2.24. The van der Waals surface area contributed by atoms with Crippen molar-refractivity contribution < 1.29 is 29.4 Å². The number of amides is 3. The fourth-order valence-corrected chi connectivity index (χ4v) is 3.77. The van der Waals surface area contributed by atoms with Gasteiger partial charge in [-0.2, -0.15) is 11.8 Å². The number of rotatable bonds is 15. The van der Waals surface area contributed by atoms with Gasteiger partial charge >= 0.3 is 5.97 Å². The number of benzene rings is 1. The standard InChI is InChI=1S/C23H32N6O6S/c1-36-8-7-17(27-20(31)16(24)9-14-5-3-2-4-6-14)21(32)28-18(10-15-11-25-13-26-15)22(33)29-19(12-30)23(34)35/h2-6,11,13,16-19,30H,7-10,12,24H2,1H3,(H,25,26)(H,27,31)(H,28,32)(H,29,33)(H,34,35). The van der Waals surface area contributed by atoms with Crippen molar-refractivity contribution in [3.05, 3.63) is 54.1 Å². The van der Waals surface area contributed by atoms with Gasteiger partial charge in [-0.15, -0.1) is 0 Å². The van der Waals surface area contributed by atoms with E-state index in [0.29, 0.717) is 11.4 Å². The lowest BCUT2D eigenvalue weighted by molar-refractivity contribution is -0.143. The highest BCUT2D eigenvalue weighted by molar-refractivity contribution is 7.98. The van der Waals surface area contributed by atoms with Gasteiger partial charge in [0, 0.05) is 18.3 Å². The van der Waals surface area contributed by atoms with Crippen molar-refractivity contribution in [2.24, 2.45) is 5.73 Å². The van der Waals surface area contributed by atoms with Gasteiger partial charge in [-0.05, 0) is 30.4 Å². The smallest absolute Gasteiger partial charge is 0.328 e. The van der Waals surface area contributed by atoms with E-state index in [9.17, 15) is 24.3 Å². The van der Waals surface area contributed by atoms with E-state index in [1.54, 1.807) is 0 Å². The second-order valence-electron chi connectivity index (χ2n) is 8.06. The first-order valence-corrected chi connectivity index (χ1v) is 12.6. The van der Waals surface area contributed by atoms with Crippen molar-refractivity contribution in [1.82, 2.24) is 25.9 Å². The molecule has 0 saturated carbocycles. The molecule has 0 aliphatic carbocycles. The van der Waals surface area contributed by atoms with E-state index in [1.165, 1.54) is 24.3 Å². The van der Waals surface area contributed by atoms with Crippen molar-refractivity contribution in [3.8, 4) is 0 Å². The van der Waals surface area contributed by atoms with E-state index in [1.807, 2.05) is 36.6 Å². The molecule has 0 radical (unpaired) electrons. The van der Waals surface area contributed by atoms with Crippen LogP contribution in [0.4, 0.5) is 0 Å². The Bertz CT molecular complexity index is 990. The molecule has 0 spiro atoms. The summed E-state index contributed by atoms with van der Waals surface area (Å²) < 4.78 is 0. The molecule has 36 heavy (non-hydrogen) atoms. The minimum Gasteiger partial charge on any atom is -0.480 e. The zero-order valence-electron chi connectivity index (χ0n) is 19.8. The predicted molar refractivity (Wildman–Crippen MR) is 134 cm³/mol. The quantitative estimate of drug-likeness (QED) is 0.151. The summed E-state index contributed by atoms with van der Waals surface area (Å²) in [6, 6.07) is 4.63. The molecule has 1 aromatic heterocycles. The number of carboxylic acid groups (broad SMARTS) is 1. The first kappa shape index (κ1) is 28.8. The van der Waals surface area contributed by atoms with Crippen molar-refractivity contribution >= 4 is 35.5 Å². The third-order valence-electron chi connectivity index (χ3n) is 5.29. The molecule has 4 atom stereocenters. The van der Waals surface area contributed by atoms with Crippen LogP contribution in [0.3, 0.4) is 0 Å². The molecule has 12 nitrogen and oxygen atoms in total. The third-order valence-corrected chi connectivity index (χ3v) is 5.93. The molecule has 13 heteroatoms. The Morgan fingerprint density at radius 3 is 2.22 bits per heavy atom. The number of H-pyrrole nitrogens is 1. The number of aromatic nitrogens is 2. The number of nitrogens with zero attached hydrogens (tertiary/aromatic N) is 1. The Hall–Kier alpha value is -3.42. The van der Waals surface area contributed by atoms with Gasteiger partial charge in [-0.25, -0.2) is 9.78 Å². The average Bonchev–Trinajstić information content (AvgIpc) is 3.37. The largest absolute Gasteiger partial charge is 0.480 e. The van der Waals surface area contributed by atoms with E-state index in [0.717, 1.165) is 5.56 Å². The van der Waals surface area contributed by atoms with Crippen LogP contribution in [0.1, 0.15) is 17.7 Å². The number of carbonyl (C=O) groups is 4. The Kier molecular flexibility index (Phi) is 11.9. The van der Waals surface area contributed by atoms with E-state index >= 15 is 0 Å². The number of hydrogen-bond acceptors (Lipinski definition) is 8. The summed E-state index contributed by atoms with van der Waals surface area (Å²) >= 11 is 1.48. The van der Waals surface area contributed by atoms with Crippen LogP contribution < -0.4 is 21.7 Å². The summed E-state index contributed by atoms with van der Waals surface area (Å²) in [6.07, 6.45) is 5.26. The summed E-state index contributed by atoms with van der Waals surface area (Å²) in [7, 11) is 0. The molecule has 0 aliphatic heterocycles. The highest BCUT2D eigenvalue weighted by atomic mass is 32.2. The SMILES string of the molecule is CSCCC(NC(=O)C(N)Cc1ccccc1)C(=O)NC(Cc1cnc[nH]1)C(=O)NC(CO)C(=O)O. The number of thioether (sulfide) groups is 1. The van der Waals surface area contributed by atoms with E-state index < -0.39 is 54.5 Å². The van der Waals surface area contributed by atoms with Gasteiger partial charge < -0.3 is 36.9 Å². The Morgan fingerprint density at radius 1 is 1.00 bits per heavy atom. The molecule has 0 bridgehead atoms. The van der Waals surface area contributed by atoms with Crippen LogP contribution in [-0.4, -0.2) is 86.7 Å². The summed E-state index contributed by atoms with van der Waals surface area (Å²) in [4.78, 5) is 56.6. The van der Waals surface area contributed by atoms with Crippen LogP contribution >= 0.6 is 11.8 Å². The van der Waals surface area contributed by atoms with Crippen LogP contribution in [0.5, 0.6) is 0 Å². The number of aliphatic hydroxyl groups excluding tert-OH is 1. The van der Waals surface area contributed by atoms with Crippen molar-refractivity contribution in [2.75, 3.05) is 18.6 Å². The van der Waals surface area contributed by atoms with E-state index in [2.05, 4.69) is 25.9 Å². The van der Waals surface area contributed by atoms with Crippen LogP contribution in [0.15, 0.2) is 42.9 Å². The summed E-state index contributed by atoms with van der Waals surface area (Å²) in [5, 5.41) is 25.9. The normalized spacial score (nSPS) is 14.2.